The third-order valence-electron chi connectivity index (χ3n) is 4.63. The van der Waals surface area contributed by atoms with Gasteiger partial charge in [-0.2, -0.15) is 0 Å². The predicted molar refractivity (Wildman–Crippen MR) is 97.4 cm³/mol. The van der Waals surface area contributed by atoms with E-state index in [0.717, 1.165) is 18.7 Å². The van der Waals surface area contributed by atoms with Crippen molar-refractivity contribution < 1.29 is 4.79 Å². The summed E-state index contributed by atoms with van der Waals surface area (Å²) < 4.78 is 1.45. The Morgan fingerprint density at radius 3 is 3.04 bits per heavy atom. The molecule has 0 fully saturated rings. The molecule has 120 valence electrons. The van der Waals surface area contributed by atoms with E-state index >= 15 is 0 Å². The van der Waals surface area contributed by atoms with Crippen LogP contribution in [-0.4, -0.2) is 17.7 Å². The standard InChI is InChI=1S/C18H20N2OS2/c1-11-8-16(14-6-7-22-18(14)23-11)19-10-12-9-17(21)20-15-5-3-2-4-13(12)15/h2-7,11-12,16,19H,8-10H2,1H3,(H,20,21)/t11-,12+,16+/m0/s1. The van der Waals surface area contributed by atoms with Crippen LogP contribution < -0.4 is 10.6 Å². The molecular formula is C18H20N2OS2. The molecule has 1 aromatic carbocycles. The minimum atomic E-state index is 0.124. The van der Waals surface area contributed by atoms with Gasteiger partial charge in [0.2, 0.25) is 5.91 Å². The first-order chi connectivity index (χ1) is 11.2. The molecule has 0 aliphatic carbocycles. The molecule has 5 heteroatoms. The number of fused-ring (bicyclic) bond motifs is 2. The molecule has 2 aromatic rings. The number of carbonyl (C=O) groups is 1. The zero-order chi connectivity index (χ0) is 15.8. The van der Waals surface area contributed by atoms with Gasteiger partial charge >= 0.3 is 0 Å². The molecule has 4 rings (SSSR count). The number of anilines is 1. The Morgan fingerprint density at radius 2 is 2.13 bits per heavy atom. The summed E-state index contributed by atoms with van der Waals surface area (Å²) in [5.41, 5.74) is 3.66. The van der Waals surface area contributed by atoms with Crippen LogP contribution in [0, 0.1) is 0 Å². The molecule has 1 aromatic heterocycles. The number of hydrogen-bond donors (Lipinski definition) is 2. The fraction of sp³-hybridized carbons (Fsp3) is 0.389. The Morgan fingerprint density at radius 1 is 1.26 bits per heavy atom. The van der Waals surface area contributed by atoms with Gasteiger partial charge in [0.15, 0.2) is 0 Å². The van der Waals surface area contributed by atoms with Crippen molar-refractivity contribution in [3.05, 3.63) is 46.8 Å². The van der Waals surface area contributed by atoms with Gasteiger partial charge in [-0.05, 0) is 35.1 Å². The number of carbonyl (C=O) groups excluding carboxylic acids is 1. The maximum Gasteiger partial charge on any atom is 0.225 e. The fourth-order valence-electron chi connectivity index (χ4n) is 3.51. The Kier molecular flexibility index (Phi) is 4.18. The van der Waals surface area contributed by atoms with Crippen molar-refractivity contribution in [2.24, 2.45) is 0 Å². The maximum absolute atomic E-state index is 12.0. The van der Waals surface area contributed by atoms with Crippen LogP contribution in [0.25, 0.3) is 0 Å². The van der Waals surface area contributed by atoms with Crippen molar-refractivity contribution in [1.82, 2.24) is 5.32 Å². The molecule has 2 N–H and O–H groups in total. The van der Waals surface area contributed by atoms with Crippen molar-refractivity contribution in [3.8, 4) is 0 Å². The van der Waals surface area contributed by atoms with Gasteiger partial charge in [0.1, 0.15) is 0 Å². The minimum Gasteiger partial charge on any atom is -0.326 e. The maximum atomic E-state index is 12.0. The van der Waals surface area contributed by atoms with Gasteiger partial charge in [-0.3, -0.25) is 4.79 Å². The van der Waals surface area contributed by atoms with Crippen LogP contribution in [0.15, 0.2) is 39.9 Å². The molecule has 2 aliphatic heterocycles. The Balaban J connectivity index is 1.51. The highest BCUT2D eigenvalue weighted by Crippen LogP contribution is 2.44. The van der Waals surface area contributed by atoms with Crippen LogP contribution in [0.2, 0.25) is 0 Å². The highest BCUT2D eigenvalue weighted by atomic mass is 32.2. The number of nitrogens with one attached hydrogen (secondary N) is 2. The lowest BCUT2D eigenvalue weighted by molar-refractivity contribution is -0.116. The highest BCUT2D eigenvalue weighted by molar-refractivity contribution is 8.01. The zero-order valence-corrected chi connectivity index (χ0v) is 14.7. The smallest absolute Gasteiger partial charge is 0.225 e. The number of thioether (sulfide) groups is 1. The van der Waals surface area contributed by atoms with E-state index in [4.69, 9.17) is 0 Å². The lowest BCUT2D eigenvalue weighted by Gasteiger charge is -2.31. The van der Waals surface area contributed by atoms with Gasteiger partial charge in [-0.15, -0.1) is 23.1 Å². The van der Waals surface area contributed by atoms with Crippen LogP contribution in [0.1, 0.15) is 42.9 Å². The van der Waals surface area contributed by atoms with Crippen molar-refractivity contribution >= 4 is 34.7 Å². The largest absolute Gasteiger partial charge is 0.326 e. The molecule has 0 spiro atoms. The van der Waals surface area contributed by atoms with Crippen molar-refractivity contribution in [1.29, 1.82) is 0 Å². The third kappa shape index (κ3) is 3.05. The summed E-state index contributed by atoms with van der Waals surface area (Å²) in [5, 5.41) is 9.54. The second-order valence-corrected chi connectivity index (χ2v) is 8.95. The molecule has 0 unspecified atom stereocenters. The summed E-state index contributed by atoms with van der Waals surface area (Å²) in [5.74, 6) is 0.381. The number of benzene rings is 1. The van der Waals surface area contributed by atoms with Crippen molar-refractivity contribution in [2.45, 2.75) is 41.2 Å². The summed E-state index contributed by atoms with van der Waals surface area (Å²) in [6.07, 6.45) is 1.71. The van der Waals surface area contributed by atoms with E-state index < -0.39 is 0 Å². The van der Waals surface area contributed by atoms with E-state index in [1.807, 2.05) is 35.2 Å². The van der Waals surface area contributed by atoms with Crippen LogP contribution in [0.4, 0.5) is 5.69 Å². The Hall–Kier alpha value is -1.30. The Bertz CT molecular complexity index is 727. The lowest BCUT2D eigenvalue weighted by Crippen LogP contribution is -2.33. The summed E-state index contributed by atoms with van der Waals surface area (Å²) in [6, 6.07) is 10.8. The molecule has 3 nitrogen and oxygen atoms in total. The number of amides is 1. The quantitative estimate of drug-likeness (QED) is 0.868. The van der Waals surface area contributed by atoms with Gasteiger partial charge in [0.25, 0.3) is 0 Å². The molecule has 0 saturated carbocycles. The van der Waals surface area contributed by atoms with E-state index in [1.165, 1.54) is 15.3 Å². The molecule has 1 amide bonds. The average Bonchev–Trinajstić information content (AvgIpc) is 3.00. The summed E-state index contributed by atoms with van der Waals surface area (Å²) in [7, 11) is 0. The van der Waals surface area contributed by atoms with E-state index in [1.54, 1.807) is 0 Å². The molecule has 3 atom stereocenters. The molecule has 0 radical (unpaired) electrons. The van der Waals surface area contributed by atoms with E-state index in [2.05, 4.69) is 41.1 Å². The number of para-hydroxylation sites is 1. The second kappa shape index (κ2) is 6.30. The number of rotatable bonds is 3. The fourth-order valence-corrected chi connectivity index (χ4v) is 6.08. The first-order valence-electron chi connectivity index (χ1n) is 8.07. The lowest BCUT2D eigenvalue weighted by atomic mass is 9.90. The van der Waals surface area contributed by atoms with Crippen LogP contribution >= 0.6 is 23.1 Å². The molecule has 0 saturated heterocycles. The van der Waals surface area contributed by atoms with Gasteiger partial charge in [-0.1, -0.05) is 25.1 Å². The SMILES string of the molecule is C[C@H]1C[C@@H](NC[C@H]2CC(=O)Nc3ccccc32)c2ccsc2S1. The van der Waals surface area contributed by atoms with E-state index in [-0.39, 0.29) is 11.8 Å². The molecule has 3 heterocycles. The molecule has 23 heavy (non-hydrogen) atoms. The summed E-state index contributed by atoms with van der Waals surface area (Å²) in [4.78, 5) is 12.0. The topological polar surface area (TPSA) is 41.1 Å². The summed E-state index contributed by atoms with van der Waals surface area (Å²) in [6.45, 7) is 3.15. The molecular weight excluding hydrogens is 324 g/mol. The van der Waals surface area contributed by atoms with Crippen molar-refractivity contribution in [2.75, 3.05) is 11.9 Å². The number of thiophene rings is 1. The van der Waals surface area contributed by atoms with E-state index in [9.17, 15) is 4.79 Å². The number of hydrogen-bond acceptors (Lipinski definition) is 4. The average molecular weight is 345 g/mol. The molecule has 2 aliphatic rings. The molecule has 0 bridgehead atoms. The van der Waals surface area contributed by atoms with Gasteiger partial charge < -0.3 is 10.6 Å². The van der Waals surface area contributed by atoms with Crippen LogP contribution in [-0.2, 0) is 4.79 Å². The zero-order valence-electron chi connectivity index (χ0n) is 13.0. The third-order valence-corrected chi connectivity index (χ3v) is 6.97. The van der Waals surface area contributed by atoms with E-state index in [0.29, 0.717) is 17.7 Å². The first-order valence-corrected chi connectivity index (χ1v) is 9.83. The Labute approximate surface area is 144 Å². The summed E-state index contributed by atoms with van der Waals surface area (Å²) >= 11 is 3.83. The van der Waals surface area contributed by atoms with Gasteiger partial charge in [-0.25, -0.2) is 0 Å². The second-order valence-electron chi connectivity index (χ2n) is 6.32. The predicted octanol–water partition coefficient (Wildman–Crippen LogP) is 4.39. The van der Waals surface area contributed by atoms with Crippen LogP contribution in [0.3, 0.4) is 0 Å². The van der Waals surface area contributed by atoms with Crippen molar-refractivity contribution in [3.63, 3.8) is 0 Å². The normalized spacial score (nSPS) is 26.3. The van der Waals surface area contributed by atoms with Crippen LogP contribution in [0.5, 0.6) is 0 Å². The van der Waals surface area contributed by atoms with Gasteiger partial charge in [0, 0.05) is 35.9 Å². The highest BCUT2D eigenvalue weighted by Gasteiger charge is 2.29. The van der Waals surface area contributed by atoms with Gasteiger partial charge in [0.05, 0.1) is 4.21 Å². The minimum absolute atomic E-state index is 0.124. The monoisotopic (exact) mass is 344 g/mol. The first kappa shape index (κ1) is 15.2.